The molecule has 168 valence electrons. The second kappa shape index (κ2) is 10.4. The minimum absolute atomic E-state index is 0.0249. The third-order valence-electron chi connectivity index (χ3n) is 4.91. The van der Waals surface area contributed by atoms with E-state index in [0.29, 0.717) is 25.6 Å². The van der Waals surface area contributed by atoms with Crippen LogP contribution in [0.2, 0.25) is 0 Å². The first kappa shape index (κ1) is 22.7. The number of hydrogen-bond donors (Lipinski definition) is 1. The zero-order valence-electron chi connectivity index (χ0n) is 17.6. The average Bonchev–Trinajstić information content (AvgIpc) is 2.74. The molecule has 2 aromatic carbocycles. The Morgan fingerprint density at radius 1 is 1.19 bits per heavy atom. The number of rotatable bonds is 6. The summed E-state index contributed by atoms with van der Waals surface area (Å²) >= 11 is 0. The highest BCUT2D eigenvalue weighted by Crippen LogP contribution is 2.30. The number of nitrogens with one attached hydrogen (secondary N) is 1. The maximum atomic E-state index is 13.3. The van der Waals surface area contributed by atoms with E-state index in [2.05, 4.69) is 19.9 Å². The summed E-state index contributed by atoms with van der Waals surface area (Å²) in [5.74, 6) is 0.562. The van der Waals surface area contributed by atoms with E-state index < -0.39 is 6.61 Å². The number of methoxy groups -OCH3 is 1. The van der Waals surface area contributed by atoms with Gasteiger partial charge in [0.2, 0.25) is 0 Å². The third kappa shape index (κ3) is 6.04. The molecule has 0 aliphatic carbocycles. The van der Waals surface area contributed by atoms with Crippen molar-refractivity contribution in [3.63, 3.8) is 0 Å². The van der Waals surface area contributed by atoms with E-state index in [-0.39, 0.29) is 29.5 Å². The van der Waals surface area contributed by atoms with Crippen LogP contribution in [-0.4, -0.2) is 50.8 Å². The predicted octanol–water partition coefficient (Wildman–Crippen LogP) is 3.97. The summed E-state index contributed by atoms with van der Waals surface area (Å²) in [5.41, 5.74) is 1.62. The Morgan fingerprint density at radius 3 is 2.58 bits per heavy atom. The van der Waals surface area contributed by atoms with Crippen molar-refractivity contribution in [1.29, 1.82) is 0 Å². The number of hydrogen-bond acceptors (Lipinski definition) is 4. The molecule has 0 radical (unpaired) electrons. The number of guanidine groups is 1. The van der Waals surface area contributed by atoms with Gasteiger partial charge in [-0.25, -0.2) is 4.39 Å². The van der Waals surface area contributed by atoms with E-state index in [1.54, 1.807) is 31.3 Å². The SMILES string of the molecule is CN=C(NCc1ccc(OC)c(OC(F)F)c1)N1CC(C)OC(c2ccc(F)cc2)C1. The molecule has 1 heterocycles. The van der Waals surface area contributed by atoms with E-state index in [9.17, 15) is 13.2 Å². The molecule has 2 aromatic rings. The molecular formula is C22H26F3N3O3. The van der Waals surface area contributed by atoms with Crippen molar-refractivity contribution < 1.29 is 27.4 Å². The van der Waals surface area contributed by atoms with Gasteiger partial charge in [0.15, 0.2) is 17.5 Å². The Kier molecular flexibility index (Phi) is 7.62. The van der Waals surface area contributed by atoms with Crippen molar-refractivity contribution in [3.8, 4) is 11.5 Å². The van der Waals surface area contributed by atoms with Crippen LogP contribution < -0.4 is 14.8 Å². The number of aliphatic imine (C=N–C) groups is 1. The van der Waals surface area contributed by atoms with Crippen LogP contribution >= 0.6 is 0 Å². The molecule has 1 aliphatic heterocycles. The van der Waals surface area contributed by atoms with E-state index >= 15 is 0 Å². The van der Waals surface area contributed by atoms with Crippen LogP contribution in [-0.2, 0) is 11.3 Å². The van der Waals surface area contributed by atoms with Crippen LogP contribution in [0, 0.1) is 5.82 Å². The van der Waals surface area contributed by atoms with Crippen LogP contribution in [0.3, 0.4) is 0 Å². The van der Waals surface area contributed by atoms with Crippen LogP contribution in [0.15, 0.2) is 47.5 Å². The number of nitrogens with zero attached hydrogens (tertiary/aromatic N) is 2. The minimum atomic E-state index is -2.94. The molecule has 0 amide bonds. The molecule has 2 unspecified atom stereocenters. The number of alkyl halides is 2. The van der Waals surface area contributed by atoms with Gasteiger partial charge in [0.1, 0.15) is 11.9 Å². The molecule has 0 bridgehead atoms. The highest BCUT2D eigenvalue weighted by Gasteiger charge is 2.28. The fraction of sp³-hybridized carbons (Fsp3) is 0.409. The molecule has 9 heteroatoms. The third-order valence-corrected chi connectivity index (χ3v) is 4.91. The van der Waals surface area contributed by atoms with Gasteiger partial charge < -0.3 is 24.4 Å². The molecule has 3 rings (SSSR count). The topological polar surface area (TPSA) is 55.3 Å². The Labute approximate surface area is 179 Å². The summed E-state index contributed by atoms with van der Waals surface area (Å²) in [6.45, 7) is 0.539. The standard InChI is InChI=1S/C22H26F3N3O3/c1-14-12-28(13-20(30-14)16-5-7-17(23)8-6-16)22(26-2)27-11-15-4-9-18(29-3)19(10-15)31-21(24)25/h4-10,14,20-21H,11-13H2,1-3H3,(H,26,27). The first-order valence-electron chi connectivity index (χ1n) is 9.87. The van der Waals surface area contributed by atoms with Gasteiger partial charge in [0.05, 0.1) is 19.8 Å². The minimum Gasteiger partial charge on any atom is -0.493 e. The highest BCUT2D eigenvalue weighted by molar-refractivity contribution is 5.80. The summed E-state index contributed by atoms with van der Waals surface area (Å²) in [4.78, 5) is 6.41. The maximum Gasteiger partial charge on any atom is 0.387 e. The lowest BCUT2D eigenvalue weighted by Gasteiger charge is -2.38. The first-order chi connectivity index (χ1) is 14.9. The Bertz CT molecular complexity index is 893. The Hall–Kier alpha value is -2.94. The summed E-state index contributed by atoms with van der Waals surface area (Å²) < 4.78 is 54.2. The summed E-state index contributed by atoms with van der Waals surface area (Å²) in [5, 5.41) is 3.25. The normalized spacial score (nSPS) is 19.5. The maximum absolute atomic E-state index is 13.3. The van der Waals surface area contributed by atoms with E-state index in [4.69, 9.17) is 9.47 Å². The van der Waals surface area contributed by atoms with Gasteiger partial charge in [-0.3, -0.25) is 4.99 Å². The van der Waals surface area contributed by atoms with Crippen LogP contribution in [0.4, 0.5) is 13.2 Å². The molecule has 31 heavy (non-hydrogen) atoms. The second-order valence-corrected chi connectivity index (χ2v) is 7.16. The van der Waals surface area contributed by atoms with Gasteiger partial charge in [0.25, 0.3) is 0 Å². The molecule has 0 aromatic heterocycles. The highest BCUT2D eigenvalue weighted by atomic mass is 19.3. The molecule has 1 aliphatic rings. The van der Waals surface area contributed by atoms with Crippen molar-refractivity contribution in [2.24, 2.45) is 4.99 Å². The number of ether oxygens (including phenoxy) is 3. The van der Waals surface area contributed by atoms with Crippen molar-refractivity contribution in [1.82, 2.24) is 10.2 Å². The number of halogens is 3. The fourth-order valence-corrected chi connectivity index (χ4v) is 3.52. The van der Waals surface area contributed by atoms with E-state index in [1.165, 1.54) is 25.3 Å². The van der Waals surface area contributed by atoms with Crippen LogP contribution in [0.5, 0.6) is 11.5 Å². The molecule has 1 N–H and O–H groups in total. The van der Waals surface area contributed by atoms with Gasteiger partial charge in [0, 0.05) is 20.1 Å². The van der Waals surface area contributed by atoms with Gasteiger partial charge in [-0.05, 0) is 42.3 Å². The summed E-state index contributed by atoms with van der Waals surface area (Å²) in [6, 6.07) is 11.1. The smallest absolute Gasteiger partial charge is 0.387 e. The molecular weight excluding hydrogens is 411 g/mol. The molecule has 1 fully saturated rings. The molecule has 0 saturated carbocycles. The van der Waals surface area contributed by atoms with Gasteiger partial charge >= 0.3 is 6.61 Å². The monoisotopic (exact) mass is 437 g/mol. The summed E-state index contributed by atoms with van der Waals surface area (Å²) in [6.07, 6.45) is -0.288. The lowest BCUT2D eigenvalue weighted by Crippen LogP contribution is -2.50. The van der Waals surface area contributed by atoms with Gasteiger partial charge in [-0.1, -0.05) is 18.2 Å². The zero-order chi connectivity index (χ0) is 22.4. The van der Waals surface area contributed by atoms with E-state index in [1.807, 2.05) is 6.92 Å². The Balaban J connectivity index is 1.68. The predicted molar refractivity (Wildman–Crippen MR) is 111 cm³/mol. The lowest BCUT2D eigenvalue weighted by molar-refractivity contribution is -0.0605. The molecule has 0 spiro atoms. The molecule has 6 nitrogen and oxygen atoms in total. The number of morpholine rings is 1. The van der Waals surface area contributed by atoms with E-state index in [0.717, 1.165) is 11.1 Å². The van der Waals surface area contributed by atoms with Crippen molar-refractivity contribution in [2.45, 2.75) is 32.3 Å². The molecule has 1 saturated heterocycles. The van der Waals surface area contributed by atoms with Crippen molar-refractivity contribution in [3.05, 3.63) is 59.4 Å². The lowest BCUT2D eigenvalue weighted by atomic mass is 10.1. The van der Waals surface area contributed by atoms with Gasteiger partial charge in [-0.2, -0.15) is 8.78 Å². The first-order valence-corrected chi connectivity index (χ1v) is 9.87. The fourth-order valence-electron chi connectivity index (χ4n) is 3.52. The Morgan fingerprint density at radius 2 is 1.94 bits per heavy atom. The van der Waals surface area contributed by atoms with Crippen LogP contribution in [0.25, 0.3) is 0 Å². The van der Waals surface area contributed by atoms with Gasteiger partial charge in [-0.15, -0.1) is 0 Å². The second-order valence-electron chi connectivity index (χ2n) is 7.16. The molecule has 2 atom stereocenters. The average molecular weight is 437 g/mol. The van der Waals surface area contributed by atoms with Crippen molar-refractivity contribution in [2.75, 3.05) is 27.2 Å². The summed E-state index contributed by atoms with van der Waals surface area (Å²) in [7, 11) is 3.07. The largest absolute Gasteiger partial charge is 0.493 e. The van der Waals surface area contributed by atoms with Crippen molar-refractivity contribution >= 4 is 5.96 Å². The quantitative estimate of drug-likeness (QED) is 0.548. The number of benzene rings is 2. The van der Waals surface area contributed by atoms with Crippen LogP contribution in [0.1, 0.15) is 24.2 Å². The zero-order valence-corrected chi connectivity index (χ0v) is 17.6.